The van der Waals surface area contributed by atoms with Crippen LogP contribution < -0.4 is 10.1 Å². The molecule has 1 fully saturated rings. The molecule has 0 heterocycles. The molecule has 3 nitrogen and oxygen atoms in total. The maximum absolute atomic E-state index is 13.6. The fourth-order valence-electron chi connectivity index (χ4n) is 2.46. The average Bonchev–Trinajstić information content (AvgIpc) is 2.87. The molecule has 104 valence electrons. The van der Waals surface area contributed by atoms with Crippen LogP contribution in [0.2, 0.25) is 0 Å². The van der Waals surface area contributed by atoms with Crippen molar-refractivity contribution in [3.05, 3.63) is 29.6 Å². The van der Waals surface area contributed by atoms with Gasteiger partial charge in [-0.1, -0.05) is 28.8 Å². The molecule has 0 unspecified atom stereocenters. The number of methoxy groups -OCH3 is 1. The maximum atomic E-state index is 13.6. The minimum atomic E-state index is -0.519. The highest BCUT2D eigenvalue weighted by atomic mass is 79.9. The number of nitrogens with one attached hydrogen (secondary N) is 1. The molecule has 1 aromatic carbocycles. The number of hydrogen-bond donors (Lipinski definition) is 1. The predicted molar refractivity (Wildman–Crippen MR) is 75.4 cm³/mol. The predicted octanol–water partition coefficient (Wildman–Crippen LogP) is 3.27. The SMILES string of the molecule is COc1ccc(C(=O)NC2(CBr)CCCC2)cc1F. The van der Waals surface area contributed by atoms with Crippen LogP contribution >= 0.6 is 15.9 Å². The summed E-state index contributed by atoms with van der Waals surface area (Å²) in [5.74, 6) is -0.606. The number of halogens is 2. The van der Waals surface area contributed by atoms with E-state index in [0.29, 0.717) is 5.56 Å². The standard InChI is InChI=1S/C14H17BrFNO2/c1-19-12-5-4-10(8-11(12)16)13(18)17-14(9-15)6-2-3-7-14/h4-5,8H,2-3,6-7,9H2,1H3,(H,17,18). The molecule has 0 aliphatic heterocycles. The molecule has 5 heteroatoms. The van der Waals surface area contributed by atoms with Crippen LogP contribution in [0.3, 0.4) is 0 Å². The van der Waals surface area contributed by atoms with Gasteiger partial charge < -0.3 is 10.1 Å². The van der Waals surface area contributed by atoms with Crippen molar-refractivity contribution in [3.8, 4) is 5.75 Å². The average molecular weight is 330 g/mol. The molecule has 1 aliphatic rings. The van der Waals surface area contributed by atoms with Crippen LogP contribution in [0.15, 0.2) is 18.2 Å². The Hall–Kier alpha value is -1.10. The zero-order valence-electron chi connectivity index (χ0n) is 10.8. The van der Waals surface area contributed by atoms with Gasteiger partial charge in [-0.2, -0.15) is 0 Å². The van der Waals surface area contributed by atoms with Crippen molar-refractivity contribution < 1.29 is 13.9 Å². The molecule has 1 amide bonds. The van der Waals surface area contributed by atoms with E-state index < -0.39 is 5.82 Å². The van der Waals surface area contributed by atoms with Crippen molar-refractivity contribution in [1.82, 2.24) is 5.32 Å². The Morgan fingerprint density at radius 1 is 1.47 bits per heavy atom. The van der Waals surface area contributed by atoms with E-state index in [2.05, 4.69) is 21.2 Å². The fraction of sp³-hybridized carbons (Fsp3) is 0.500. The maximum Gasteiger partial charge on any atom is 0.251 e. The van der Waals surface area contributed by atoms with Gasteiger partial charge in [0, 0.05) is 10.9 Å². The Bertz CT molecular complexity index is 473. The highest BCUT2D eigenvalue weighted by molar-refractivity contribution is 9.09. The van der Waals surface area contributed by atoms with Crippen molar-refractivity contribution in [2.45, 2.75) is 31.2 Å². The fourth-order valence-corrected chi connectivity index (χ4v) is 3.17. The third-order valence-electron chi connectivity index (χ3n) is 3.61. The minimum absolute atomic E-state index is 0.146. The normalized spacial score (nSPS) is 17.2. The van der Waals surface area contributed by atoms with Crippen LogP contribution in [0.4, 0.5) is 4.39 Å². The van der Waals surface area contributed by atoms with E-state index in [9.17, 15) is 9.18 Å². The second-order valence-electron chi connectivity index (χ2n) is 4.92. The number of carbonyl (C=O) groups excluding carboxylic acids is 1. The second-order valence-corrected chi connectivity index (χ2v) is 5.49. The van der Waals surface area contributed by atoms with Gasteiger partial charge in [0.05, 0.1) is 12.6 Å². The quantitative estimate of drug-likeness (QED) is 0.861. The Kier molecular flexibility index (Phi) is 4.45. The number of amides is 1. The van der Waals surface area contributed by atoms with E-state index in [-0.39, 0.29) is 17.2 Å². The molecule has 0 spiro atoms. The molecule has 19 heavy (non-hydrogen) atoms. The van der Waals surface area contributed by atoms with Gasteiger partial charge in [0.25, 0.3) is 5.91 Å². The van der Waals surface area contributed by atoms with Gasteiger partial charge in [-0.25, -0.2) is 4.39 Å². The lowest BCUT2D eigenvalue weighted by Crippen LogP contribution is -2.47. The van der Waals surface area contributed by atoms with Gasteiger partial charge in [0.2, 0.25) is 0 Å². The van der Waals surface area contributed by atoms with Crippen LogP contribution in [0, 0.1) is 5.82 Å². The van der Waals surface area contributed by atoms with Crippen molar-refractivity contribution in [1.29, 1.82) is 0 Å². The first kappa shape index (κ1) is 14.3. The van der Waals surface area contributed by atoms with E-state index in [1.807, 2.05) is 0 Å². The van der Waals surface area contributed by atoms with Gasteiger partial charge >= 0.3 is 0 Å². The Balaban J connectivity index is 2.13. The number of rotatable bonds is 4. The number of benzene rings is 1. The van der Waals surface area contributed by atoms with Crippen LogP contribution in [0.1, 0.15) is 36.0 Å². The van der Waals surface area contributed by atoms with Crippen LogP contribution in [0.5, 0.6) is 5.75 Å². The first-order valence-electron chi connectivity index (χ1n) is 6.32. The summed E-state index contributed by atoms with van der Waals surface area (Å²) in [4.78, 5) is 12.2. The summed E-state index contributed by atoms with van der Waals surface area (Å²) in [6.45, 7) is 0. The Labute approximate surface area is 120 Å². The molecule has 0 aromatic heterocycles. The molecular formula is C14H17BrFNO2. The first-order valence-corrected chi connectivity index (χ1v) is 7.44. The molecule has 1 N–H and O–H groups in total. The van der Waals surface area contributed by atoms with E-state index in [1.165, 1.54) is 19.2 Å². The zero-order chi connectivity index (χ0) is 13.9. The molecular weight excluding hydrogens is 313 g/mol. The van der Waals surface area contributed by atoms with Gasteiger partial charge in [0.1, 0.15) is 0 Å². The third kappa shape index (κ3) is 3.08. The van der Waals surface area contributed by atoms with Crippen LogP contribution in [-0.4, -0.2) is 23.9 Å². The monoisotopic (exact) mass is 329 g/mol. The molecule has 1 aliphatic carbocycles. The molecule has 0 atom stereocenters. The highest BCUT2D eigenvalue weighted by Crippen LogP contribution is 2.31. The molecule has 1 saturated carbocycles. The third-order valence-corrected chi connectivity index (χ3v) is 4.68. The van der Waals surface area contributed by atoms with E-state index in [1.54, 1.807) is 6.07 Å². The topological polar surface area (TPSA) is 38.3 Å². The summed E-state index contributed by atoms with van der Waals surface area (Å²) in [7, 11) is 1.40. The van der Waals surface area contributed by atoms with Gasteiger partial charge in [0.15, 0.2) is 11.6 Å². The summed E-state index contributed by atoms with van der Waals surface area (Å²) < 4.78 is 18.4. The van der Waals surface area contributed by atoms with Gasteiger partial charge in [-0.15, -0.1) is 0 Å². The Morgan fingerprint density at radius 2 is 2.16 bits per heavy atom. The lowest BCUT2D eigenvalue weighted by Gasteiger charge is -2.28. The number of hydrogen-bond acceptors (Lipinski definition) is 2. The van der Waals surface area contributed by atoms with E-state index in [4.69, 9.17) is 4.74 Å². The summed E-state index contributed by atoms with van der Waals surface area (Å²) in [5, 5.41) is 3.76. The number of carbonyl (C=O) groups is 1. The first-order chi connectivity index (χ1) is 9.10. The molecule has 0 saturated heterocycles. The lowest BCUT2D eigenvalue weighted by atomic mass is 10.00. The number of ether oxygens (including phenoxy) is 1. The zero-order valence-corrected chi connectivity index (χ0v) is 12.4. The van der Waals surface area contributed by atoms with E-state index in [0.717, 1.165) is 31.0 Å². The summed E-state index contributed by atoms with van der Waals surface area (Å²) in [5.41, 5.74) is 0.138. The van der Waals surface area contributed by atoms with E-state index >= 15 is 0 Å². The van der Waals surface area contributed by atoms with Gasteiger partial charge in [-0.05, 0) is 31.0 Å². The largest absolute Gasteiger partial charge is 0.494 e. The van der Waals surface area contributed by atoms with Crippen molar-refractivity contribution >= 4 is 21.8 Å². The number of alkyl halides is 1. The smallest absolute Gasteiger partial charge is 0.251 e. The Morgan fingerprint density at radius 3 is 2.68 bits per heavy atom. The molecule has 0 bridgehead atoms. The summed E-state index contributed by atoms with van der Waals surface area (Å²) >= 11 is 3.46. The van der Waals surface area contributed by atoms with Crippen molar-refractivity contribution in [2.24, 2.45) is 0 Å². The summed E-state index contributed by atoms with van der Waals surface area (Å²) in [6, 6.07) is 4.26. The lowest BCUT2D eigenvalue weighted by molar-refractivity contribution is 0.0910. The highest BCUT2D eigenvalue weighted by Gasteiger charge is 2.34. The van der Waals surface area contributed by atoms with Crippen LogP contribution in [0.25, 0.3) is 0 Å². The minimum Gasteiger partial charge on any atom is -0.494 e. The summed E-state index contributed by atoms with van der Waals surface area (Å²) in [6.07, 6.45) is 4.15. The van der Waals surface area contributed by atoms with Crippen molar-refractivity contribution in [3.63, 3.8) is 0 Å². The second kappa shape index (κ2) is 5.90. The molecule has 1 aromatic rings. The van der Waals surface area contributed by atoms with Crippen molar-refractivity contribution in [2.75, 3.05) is 12.4 Å². The van der Waals surface area contributed by atoms with Gasteiger partial charge in [-0.3, -0.25) is 4.79 Å². The molecule has 2 rings (SSSR count). The van der Waals surface area contributed by atoms with Crippen LogP contribution in [-0.2, 0) is 0 Å². The molecule has 0 radical (unpaired) electrons.